The zero-order valence-electron chi connectivity index (χ0n) is 17.1. The lowest BCUT2D eigenvalue weighted by Crippen LogP contribution is -2.43. The van der Waals surface area contributed by atoms with Crippen LogP contribution in [0.4, 0.5) is 26.3 Å². The van der Waals surface area contributed by atoms with E-state index < -0.39 is 44.0 Å². The highest BCUT2D eigenvalue weighted by molar-refractivity contribution is 6.69. The van der Waals surface area contributed by atoms with Crippen molar-refractivity contribution < 1.29 is 35.5 Å². The first-order valence-corrected chi connectivity index (χ1v) is 12.6. The molecule has 31 heavy (non-hydrogen) atoms. The van der Waals surface area contributed by atoms with Gasteiger partial charge in [0.1, 0.15) is 6.07 Å². The van der Waals surface area contributed by atoms with E-state index in [1.807, 2.05) is 19.6 Å². The van der Waals surface area contributed by atoms with Gasteiger partial charge >= 0.3 is 12.4 Å². The molecular weight excluding hydrogens is 440 g/mol. The van der Waals surface area contributed by atoms with Gasteiger partial charge in [0.05, 0.1) is 24.3 Å². The number of nitrogens with zero attached hydrogens (tertiary/aromatic N) is 1. The highest BCUT2D eigenvalue weighted by atomic mass is 28.4. The van der Waals surface area contributed by atoms with Gasteiger partial charge in [-0.2, -0.15) is 31.6 Å². The van der Waals surface area contributed by atoms with Crippen LogP contribution in [-0.2, 0) is 33.7 Å². The van der Waals surface area contributed by atoms with E-state index in [-0.39, 0.29) is 18.2 Å². The molecule has 2 rings (SSSR count). The summed E-state index contributed by atoms with van der Waals surface area (Å²) in [5, 5.41) is 9.86. The number of ether oxygens (including phenoxy) is 1. The number of hydrogen-bond acceptors (Lipinski definition) is 3. The van der Waals surface area contributed by atoms with Crippen LogP contribution in [0.15, 0.2) is 48.5 Å². The van der Waals surface area contributed by atoms with Crippen molar-refractivity contribution in [2.75, 3.05) is 6.61 Å². The van der Waals surface area contributed by atoms with Crippen molar-refractivity contribution >= 4 is 8.32 Å². The molecule has 0 saturated heterocycles. The van der Waals surface area contributed by atoms with E-state index in [1.165, 1.54) is 0 Å². The molecule has 0 radical (unpaired) electrons. The first-order chi connectivity index (χ1) is 14.2. The molecule has 168 valence electrons. The maximum atomic E-state index is 13.0. The molecule has 2 aromatic rings. The van der Waals surface area contributed by atoms with Crippen LogP contribution >= 0.6 is 0 Å². The van der Waals surface area contributed by atoms with Crippen molar-refractivity contribution in [3.8, 4) is 6.07 Å². The Kier molecular flexibility index (Phi) is 7.25. The van der Waals surface area contributed by atoms with Crippen LogP contribution in [0.1, 0.15) is 22.3 Å². The van der Waals surface area contributed by atoms with Crippen LogP contribution in [0.3, 0.4) is 0 Å². The fourth-order valence-corrected chi connectivity index (χ4v) is 4.20. The Morgan fingerprint density at radius 1 is 0.839 bits per heavy atom. The molecule has 0 fully saturated rings. The van der Waals surface area contributed by atoms with Gasteiger partial charge in [-0.05, 0) is 49.0 Å². The van der Waals surface area contributed by atoms with Crippen LogP contribution in [0.25, 0.3) is 0 Å². The van der Waals surface area contributed by atoms with Gasteiger partial charge in [0.2, 0.25) is 0 Å². The molecule has 0 spiro atoms. The van der Waals surface area contributed by atoms with Crippen molar-refractivity contribution in [3.63, 3.8) is 0 Å². The average Bonchev–Trinajstić information content (AvgIpc) is 2.65. The van der Waals surface area contributed by atoms with Crippen LogP contribution < -0.4 is 0 Å². The molecule has 0 aliphatic heterocycles. The van der Waals surface area contributed by atoms with Gasteiger partial charge in [0.15, 0.2) is 13.9 Å². The lowest BCUT2D eigenvalue weighted by molar-refractivity contribution is -0.143. The highest BCUT2D eigenvalue weighted by Gasteiger charge is 2.39. The summed E-state index contributed by atoms with van der Waals surface area (Å²) in [5.41, 5.74) is -4.21. The second-order valence-electron chi connectivity index (χ2n) is 7.93. The number of rotatable bonds is 7. The van der Waals surface area contributed by atoms with E-state index in [0.29, 0.717) is 17.7 Å². The fraction of sp³-hybridized carbons (Fsp3) is 0.381. The van der Waals surface area contributed by atoms with Gasteiger partial charge in [-0.15, -0.1) is 0 Å². The fourth-order valence-electron chi connectivity index (χ4n) is 2.94. The Bertz CT molecular complexity index is 900. The van der Waals surface area contributed by atoms with Gasteiger partial charge in [0, 0.05) is 0 Å². The summed E-state index contributed by atoms with van der Waals surface area (Å²) >= 11 is 0. The molecule has 0 saturated carbocycles. The Morgan fingerprint density at radius 3 is 1.77 bits per heavy atom. The second kappa shape index (κ2) is 9.02. The summed E-state index contributed by atoms with van der Waals surface area (Å²) < 4.78 is 89.8. The minimum atomic E-state index is -4.95. The topological polar surface area (TPSA) is 42.2 Å². The van der Waals surface area contributed by atoms with E-state index in [2.05, 4.69) is 6.07 Å². The van der Waals surface area contributed by atoms with E-state index >= 15 is 0 Å². The van der Waals surface area contributed by atoms with E-state index in [4.69, 9.17) is 9.16 Å². The Hall–Kier alpha value is -2.35. The summed E-state index contributed by atoms with van der Waals surface area (Å²) in [6, 6.07) is 11.8. The molecule has 0 N–H and O–H groups in total. The first-order valence-electron chi connectivity index (χ1n) is 9.19. The number of benzene rings is 2. The number of alkyl halides is 6. The monoisotopic (exact) mass is 461 g/mol. The van der Waals surface area contributed by atoms with Crippen molar-refractivity contribution in [2.24, 2.45) is 0 Å². The summed E-state index contributed by atoms with van der Waals surface area (Å²) in [4.78, 5) is 0. The molecule has 0 aromatic heterocycles. The van der Waals surface area contributed by atoms with Crippen LogP contribution in [-0.4, -0.2) is 14.9 Å². The predicted molar refractivity (Wildman–Crippen MR) is 104 cm³/mol. The number of nitriles is 1. The molecule has 1 atom stereocenters. The normalized spacial score (nSPS) is 14.7. The minimum Gasteiger partial charge on any atom is -0.395 e. The minimum absolute atomic E-state index is 0.0569. The second-order valence-corrected chi connectivity index (χ2v) is 12.4. The molecule has 0 bridgehead atoms. The van der Waals surface area contributed by atoms with Crippen LogP contribution in [0, 0.1) is 11.3 Å². The van der Waals surface area contributed by atoms with Gasteiger partial charge in [-0.3, -0.25) is 0 Å². The highest BCUT2D eigenvalue weighted by Crippen LogP contribution is 2.37. The van der Waals surface area contributed by atoms with Crippen LogP contribution in [0.2, 0.25) is 19.6 Å². The summed E-state index contributed by atoms with van der Waals surface area (Å²) in [6.07, 6.45) is -9.89. The van der Waals surface area contributed by atoms with Crippen LogP contribution in [0.5, 0.6) is 0 Å². The zero-order valence-corrected chi connectivity index (χ0v) is 18.1. The molecular formula is C21H21F6NO2Si. The maximum absolute atomic E-state index is 13.0. The van der Waals surface area contributed by atoms with E-state index in [1.54, 1.807) is 30.3 Å². The van der Waals surface area contributed by atoms with E-state index in [9.17, 15) is 31.6 Å². The molecule has 3 nitrogen and oxygen atoms in total. The quantitative estimate of drug-likeness (QED) is 0.349. The smallest absolute Gasteiger partial charge is 0.395 e. The zero-order chi connectivity index (χ0) is 23.5. The molecule has 1 unspecified atom stereocenters. The van der Waals surface area contributed by atoms with E-state index in [0.717, 1.165) is 0 Å². The third-order valence-electron chi connectivity index (χ3n) is 4.12. The summed E-state index contributed by atoms with van der Waals surface area (Å²) in [6.45, 7) is 4.63. The molecule has 0 heterocycles. The molecule has 0 amide bonds. The Morgan fingerprint density at radius 2 is 1.35 bits per heavy atom. The van der Waals surface area contributed by atoms with Crippen molar-refractivity contribution in [1.29, 1.82) is 5.26 Å². The Balaban J connectivity index is 2.33. The van der Waals surface area contributed by atoms with Crippen molar-refractivity contribution in [1.82, 2.24) is 0 Å². The third-order valence-corrected chi connectivity index (χ3v) is 5.08. The van der Waals surface area contributed by atoms with Crippen molar-refractivity contribution in [2.45, 2.75) is 44.2 Å². The average molecular weight is 461 g/mol. The lowest BCUT2D eigenvalue weighted by atomic mass is 9.96. The van der Waals surface area contributed by atoms with Gasteiger partial charge in [-0.25, -0.2) is 0 Å². The predicted octanol–water partition coefficient (Wildman–Crippen LogP) is 6.51. The summed E-state index contributed by atoms with van der Waals surface area (Å²) in [5.74, 6) is 0. The maximum Gasteiger partial charge on any atom is 0.416 e. The largest absolute Gasteiger partial charge is 0.416 e. The molecule has 10 heteroatoms. The Labute approximate surface area is 177 Å². The summed E-state index contributed by atoms with van der Waals surface area (Å²) in [7, 11) is -2.29. The van der Waals surface area contributed by atoms with Gasteiger partial charge < -0.3 is 9.16 Å². The van der Waals surface area contributed by atoms with Gasteiger partial charge in [0.25, 0.3) is 0 Å². The standard InChI is InChI=1S/C21H21F6NO2Si/c1-31(2,3)30-19(13-28,16-7-5-4-6-8-16)14-29-12-15-9-17(20(22,23)24)11-18(10-15)21(25,26)27/h4-11H,12,14H2,1-3H3. The number of hydrogen-bond donors (Lipinski definition) is 0. The SMILES string of the molecule is C[Si](C)(C)OC(C#N)(COCc1cc(C(F)(F)F)cc(C(F)(F)F)c1)c1ccccc1. The molecule has 0 aliphatic rings. The third kappa shape index (κ3) is 6.82. The first kappa shape index (κ1) is 24.9. The van der Waals surface area contributed by atoms with Crippen molar-refractivity contribution in [3.05, 3.63) is 70.8 Å². The lowest BCUT2D eigenvalue weighted by Gasteiger charge is -2.34. The van der Waals surface area contributed by atoms with Gasteiger partial charge in [-0.1, -0.05) is 30.3 Å². The molecule has 0 aliphatic carbocycles. The molecule has 2 aromatic carbocycles. The number of halogens is 6.